The summed E-state index contributed by atoms with van der Waals surface area (Å²) in [7, 11) is 0. The zero-order valence-electron chi connectivity index (χ0n) is 10.6. The molecule has 94 valence electrons. The lowest BCUT2D eigenvalue weighted by atomic mass is 9.77. The molecule has 1 aliphatic carbocycles. The molecule has 3 nitrogen and oxygen atoms in total. The van der Waals surface area contributed by atoms with E-state index in [-0.39, 0.29) is 5.56 Å². The van der Waals surface area contributed by atoms with Gasteiger partial charge in [-0.25, -0.2) is 0 Å². The van der Waals surface area contributed by atoms with E-state index >= 15 is 0 Å². The number of hydrogen-bond acceptors (Lipinski definition) is 2. The largest absolute Gasteiger partial charge is 0.328 e. The van der Waals surface area contributed by atoms with Crippen molar-refractivity contribution in [3.05, 3.63) is 45.7 Å². The van der Waals surface area contributed by atoms with E-state index < -0.39 is 0 Å². The van der Waals surface area contributed by atoms with Crippen molar-refractivity contribution in [3.8, 4) is 0 Å². The average Bonchev–Trinajstić information content (AvgIpc) is 2.29. The van der Waals surface area contributed by atoms with Gasteiger partial charge in [0, 0.05) is 17.1 Å². The Hall–Kier alpha value is -1.61. The number of pyridine rings is 1. The molecule has 1 aromatic heterocycles. The summed E-state index contributed by atoms with van der Waals surface area (Å²) in [5, 5.41) is 1.12. The van der Waals surface area contributed by atoms with Crippen LogP contribution in [0.4, 0.5) is 0 Å². The zero-order valence-corrected chi connectivity index (χ0v) is 10.6. The number of aryl methyl sites for hydroxylation is 1. The number of nitrogens with one attached hydrogen (secondary N) is 1. The van der Waals surface area contributed by atoms with Crippen LogP contribution in [0.2, 0.25) is 0 Å². The molecule has 3 rings (SSSR count). The highest BCUT2D eigenvalue weighted by molar-refractivity contribution is 5.79. The average molecular weight is 242 g/mol. The summed E-state index contributed by atoms with van der Waals surface area (Å²) in [6.07, 6.45) is 3.38. The molecule has 2 aromatic rings. The standard InChI is InChI=1S/C15H18N2O/c1-9-4-12-6-10(5-11-7-13(16)8-11)2-3-14(12)17-15(9)18/h2-4,6,11,13H,5,7-8,16H2,1H3,(H,17,18). The van der Waals surface area contributed by atoms with Gasteiger partial charge in [-0.1, -0.05) is 6.07 Å². The molecule has 0 saturated heterocycles. The molecule has 1 aliphatic rings. The molecule has 0 radical (unpaired) electrons. The number of aromatic nitrogens is 1. The zero-order chi connectivity index (χ0) is 12.7. The van der Waals surface area contributed by atoms with Crippen LogP contribution in [0.3, 0.4) is 0 Å². The molecule has 1 heterocycles. The molecule has 1 aromatic carbocycles. The van der Waals surface area contributed by atoms with Gasteiger partial charge in [0.05, 0.1) is 0 Å². The van der Waals surface area contributed by atoms with Crippen LogP contribution in [0.1, 0.15) is 24.0 Å². The molecule has 1 fully saturated rings. The maximum absolute atomic E-state index is 11.5. The first-order chi connectivity index (χ1) is 8.61. The van der Waals surface area contributed by atoms with Crippen LogP contribution in [0, 0.1) is 12.8 Å². The van der Waals surface area contributed by atoms with E-state index in [0.29, 0.717) is 6.04 Å². The normalized spacial score (nSPS) is 23.0. The fourth-order valence-corrected chi connectivity index (χ4v) is 2.78. The summed E-state index contributed by atoms with van der Waals surface area (Å²) in [6.45, 7) is 1.84. The van der Waals surface area contributed by atoms with E-state index in [0.717, 1.165) is 41.6 Å². The Bertz CT molecular complexity index is 638. The molecule has 0 bridgehead atoms. The highest BCUT2D eigenvalue weighted by Crippen LogP contribution is 2.29. The Morgan fingerprint density at radius 2 is 2.11 bits per heavy atom. The minimum absolute atomic E-state index is 0.000200. The van der Waals surface area contributed by atoms with Crippen molar-refractivity contribution in [2.45, 2.75) is 32.2 Å². The highest BCUT2D eigenvalue weighted by atomic mass is 16.1. The molecule has 0 aliphatic heterocycles. The predicted octanol–water partition coefficient (Wildman–Crippen LogP) is 2.12. The van der Waals surface area contributed by atoms with E-state index in [9.17, 15) is 4.79 Å². The lowest BCUT2D eigenvalue weighted by Crippen LogP contribution is -2.37. The summed E-state index contributed by atoms with van der Waals surface area (Å²) >= 11 is 0. The molecular weight excluding hydrogens is 224 g/mol. The van der Waals surface area contributed by atoms with Crippen LogP contribution in [0.5, 0.6) is 0 Å². The molecule has 3 N–H and O–H groups in total. The van der Waals surface area contributed by atoms with Gasteiger partial charge in [-0.2, -0.15) is 0 Å². The maximum atomic E-state index is 11.5. The fraction of sp³-hybridized carbons (Fsp3) is 0.400. The summed E-state index contributed by atoms with van der Waals surface area (Å²) in [5.74, 6) is 0.737. The molecule has 0 atom stereocenters. The highest BCUT2D eigenvalue weighted by Gasteiger charge is 2.25. The first kappa shape index (κ1) is 11.5. The van der Waals surface area contributed by atoms with Crippen molar-refractivity contribution in [1.82, 2.24) is 4.98 Å². The number of H-pyrrole nitrogens is 1. The number of benzene rings is 1. The molecular formula is C15H18N2O. The van der Waals surface area contributed by atoms with Crippen molar-refractivity contribution >= 4 is 10.9 Å². The van der Waals surface area contributed by atoms with Crippen LogP contribution in [-0.2, 0) is 6.42 Å². The van der Waals surface area contributed by atoms with Gasteiger partial charge in [0.15, 0.2) is 0 Å². The lowest BCUT2D eigenvalue weighted by molar-refractivity contribution is 0.264. The van der Waals surface area contributed by atoms with Crippen LogP contribution in [0.25, 0.3) is 10.9 Å². The summed E-state index contributed by atoms with van der Waals surface area (Å²) < 4.78 is 0. The van der Waals surface area contributed by atoms with Crippen LogP contribution in [-0.4, -0.2) is 11.0 Å². The van der Waals surface area contributed by atoms with E-state index in [1.54, 1.807) is 0 Å². The third-order valence-electron chi connectivity index (χ3n) is 3.89. The van der Waals surface area contributed by atoms with Crippen molar-refractivity contribution < 1.29 is 0 Å². The monoisotopic (exact) mass is 242 g/mol. The second-order valence-corrected chi connectivity index (χ2v) is 5.50. The maximum Gasteiger partial charge on any atom is 0.251 e. The van der Waals surface area contributed by atoms with Gasteiger partial charge in [0.1, 0.15) is 0 Å². The third-order valence-corrected chi connectivity index (χ3v) is 3.89. The minimum Gasteiger partial charge on any atom is -0.328 e. The van der Waals surface area contributed by atoms with Gasteiger partial charge in [-0.15, -0.1) is 0 Å². The molecule has 3 heteroatoms. The van der Waals surface area contributed by atoms with Gasteiger partial charge in [0.25, 0.3) is 5.56 Å². The van der Waals surface area contributed by atoms with Crippen molar-refractivity contribution in [2.75, 3.05) is 0 Å². The van der Waals surface area contributed by atoms with Gasteiger partial charge in [-0.05, 0) is 61.3 Å². The first-order valence-electron chi connectivity index (χ1n) is 6.50. The topological polar surface area (TPSA) is 58.9 Å². The second-order valence-electron chi connectivity index (χ2n) is 5.50. The molecule has 0 amide bonds. The van der Waals surface area contributed by atoms with Crippen molar-refractivity contribution in [3.63, 3.8) is 0 Å². The van der Waals surface area contributed by atoms with Crippen molar-refractivity contribution in [1.29, 1.82) is 0 Å². The van der Waals surface area contributed by atoms with E-state index in [2.05, 4.69) is 17.1 Å². The molecule has 1 saturated carbocycles. The van der Waals surface area contributed by atoms with Crippen molar-refractivity contribution in [2.24, 2.45) is 11.7 Å². The van der Waals surface area contributed by atoms with Gasteiger partial charge < -0.3 is 10.7 Å². The Kier molecular flexibility index (Phi) is 2.71. The Balaban J connectivity index is 1.90. The van der Waals surface area contributed by atoms with E-state index in [1.165, 1.54) is 5.56 Å². The summed E-state index contributed by atoms with van der Waals surface area (Å²) in [4.78, 5) is 14.4. The molecule has 0 spiro atoms. The lowest BCUT2D eigenvalue weighted by Gasteiger charge is -2.32. The number of aromatic amines is 1. The molecule has 0 unspecified atom stereocenters. The number of rotatable bonds is 2. The van der Waals surface area contributed by atoms with Crippen LogP contribution < -0.4 is 11.3 Å². The fourth-order valence-electron chi connectivity index (χ4n) is 2.78. The van der Waals surface area contributed by atoms with Gasteiger partial charge in [0.2, 0.25) is 0 Å². The number of nitrogens with two attached hydrogens (primary N) is 1. The summed E-state index contributed by atoms with van der Waals surface area (Å²) in [5.41, 5.74) is 8.83. The third kappa shape index (κ3) is 2.06. The Labute approximate surface area is 106 Å². The summed E-state index contributed by atoms with van der Waals surface area (Å²) in [6, 6.07) is 8.67. The number of fused-ring (bicyclic) bond motifs is 1. The smallest absolute Gasteiger partial charge is 0.251 e. The van der Waals surface area contributed by atoms with E-state index in [1.807, 2.05) is 19.1 Å². The first-order valence-corrected chi connectivity index (χ1v) is 6.50. The Morgan fingerprint density at radius 3 is 2.83 bits per heavy atom. The van der Waals surface area contributed by atoms with Gasteiger partial charge in [-0.3, -0.25) is 4.79 Å². The van der Waals surface area contributed by atoms with E-state index in [4.69, 9.17) is 5.73 Å². The second kappa shape index (κ2) is 4.25. The Morgan fingerprint density at radius 1 is 1.33 bits per heavy atom. The SMILES string of the molecule is Cc1cc2cc(CC3CC(N)C3)ccc2[nH]c1=O. The predicted molar refractivity (Wildman–Crippen MR) is 73.7 cm³/mol. The molecule has 18 heavy (non-hydrogen) atoms. The number of hydrogen-bond donors (Lipinski definition) is 2. The van der Waals surface area contributed by atoms with Crippen LogP contribution in [0.15, 0.2) is 29.1 Å². The quantitative estimate of drug-likeness (QED) is 0.847. The van der Waals surface area contributed by atoms with Crippen LogP contribution >= 0.6 is 0 Å². The minimum atomic E-state index is 0.000200. The van der Waals surface area contributed by atoms with Gasteiger partial charge >= 0.3 is 0 Å².